The van der Waals surface area contributed by atoms with Crippen molar-refractivity contribution in [2.24, 2.45) is 5.41 Å². The van der Waals surface area contributed by atoms with Gasteiger partial charge in [0.1, 0.15) is 12.3 Å². The second kappa shape index (κ2) is 4.23. The highest BCUT2D eigenvalue weighted by Crippen LogP contribution is 2.66. The van der Waals surface area contributed by atoms with Crippen LogP contribution >= 0.6 is 0 Å². The van der Waals surface area contributed by atoms with Crippen molar-refractivity contribution in [2.75, 3.05) is 0 Å². The molecule has 3 nitrogen and oxygen atoms in total. The molecule has 2 saturated carbocycles. The van der Waals surface area contributed by atoms with Gasteiger partial charge in [-0.1, -0.05) is 0 Å². The SMILES string of the molecule is OC1c2c(C(F)(F)F)nn(C3CC4(C3)CC(F)(F)C4)c2CC1F. The number of fused-ring (bicyclic) bond motifs is 1. The van der Waals surface area contributed by atoms with E-state index in [1.807, 2.05) is 0 Å². The van der Waals surface area contributed by atoms with Crippen molar-refractivity contribution in [2.45, 2.75) is 62.5 Å². The zero-order valence-corrected chi connectivity index (χ0v) is 11.9. The standard InChI is InChI=1S/C14H14F6N2O/c15-7-1-8-9(10(7)23)11(14(18,19)20)21-22(8)6-2-12(3-6)4-13(16,17)5-12/h6-7,10,23H,1-5H2. The number of hydrogen-bond donors (Lipinski definition) is 1. The lowest BCUT2D eigenvalue weighted by molar-refractivity contribution is -0.204. The van der Waals surface area contributed by atoms with E-state index in [4.69, 9.17) is 0 Å². The van der Waals surface area contributed by atoms with Crippen molar-refractivity contribution in [3.8, 4) is 0 Å². The highest BCUT2D eigenvalue weighted by Gasteiger charge is 2.63. The molecule has 1 heterocycles. The Bertz CT molecular complexity index is 651. The Balaban J connectivity index is 1.63. The van der Waals surface area contributed by atoms with E-state index in [9.17, 15) is 31.4 Å². The molecule has 4 rings (SSSR count). The van der Waals surface area contributed by atoms with Crippen molar-refractivity contribution >= 4 is 0 Å². The zero-order chi connectivity index (χ0) is 16.8. The maximum atomic E-state index is 13.6. The van der Waals surface area contributed by atoms with Crippen LogP contribution in [0.25, 0.3) is 0 Å². The summed E-state index contributed by atoms with van der Waals surface area (Å²) < 4.78 is 80.0. The summed E-state index contributed by atoms with van der Waals surface area (Å²) in [6.45, 7) is 0. The van der Waals surface area contributed by atoms with Gasteiger partial charge in [-0.3, -0.25) is 4.68 Å². The van der Waals surface area contributed by atoms with Crippen LogP contribution in [0.1, 0.15) is 54.8 Å². The Morgan fingerprint density at radius 3 is 2.30 bits per heavy atom. The van der Waals surface area contributed by atoms with Gasteiger partial charge in [-0.05, 0) is 18.3 Å². The number of hydrogen-bond acceptors (Lipinski definition) is 2. The average molecular weight is 340 g/mol. The molecule has 1 N–H and O–H groups in total. The number of alkyl halides is 6. The molecule has 23 heavy (non-hydrogen) atoms. The molecule has 1 aromatic heterocycles. The van der Waals surface area contributed by atoms with Crippen molar-refractivity contribution in [1.29, 1.82) is 0 Å². The van der Waals surface area contributed by atoms with Crippen LogP contribution in [-0.2, 0) is 12.6 Å². The Morgan fingerprint density at radius 1 is 1.17 bits per heavy atom. The fourth-order valence-corrected chi connectivity index (χ4v) is 4.43. The van der Waals surface area contributed by atoms with E-state index in [2.05, 4.69) is 5.10 Å². The predicted octanol–water partition coefficient (Wildman–Crippen LogP) is 3.58. The Morgan fingerprint density at radius 2 is 1.78 bits per heavy atom. The summed E-state index contributed by atoms with van der Waals surface area (Å²) in [4.78, 5) is 0. The molecule has 1 spiro atoms. The highest BCUT2D eigenvalue weighted by molar-refractivity contribution is 5.37. The molecule has 0 saturated heterocycles. The molecule has 3 aliphatic carbocycles. The van der Waals surface area contributed by atoms with Crippen molar-refractivity contribution in [3.63, 3.8) is 0 Å². The Labute approximate surface area is 127 Å². The summed E-state index contributed by atoms with van der Waals surface area (Å²) in [5.74, 6) is -2.69. The van der Waals surface area contributed by atoms with Gasteiger partial charge in [0.15, 0.2) is 5.69 Å². The van der Waals surface area contributed by atoms with Crippen LogP contribution in [-0.4, -0.2) is 27.0 Å². The van der Waals surface area contributed by atoms with E-state index in [0.29, 0.717) is 12.8 Å². The minimum absolute atomic E-state index is 0.0447. The van der Waals surface area contributed by atoms with Gasteiger partial charge >= 0.3 is 6.18 Å². The van der Waals surface area contributed by atoms with E-state index in [-0.39, 0.29) is 25.0 Å². The maximum Gasteiger partial charge on any atom is 0.435 e. The summed E-state index contributed by atoms with van der Waals surface area (Å²) in [6.07, 6.45) is -8.61. The third kappa shape index (κ3) is 2.11. The summed E-state index contributed by atoms with van der Waals surface area (Å²) in [5.41, 5.74) is -2.23. The third-order valence-electron chi connectivity index (χ3n) is 5.30. The number of rotatable bonds is 1. The molecule has 1 aromatic rings. The summed E-state index contributed by atoms with van der Waals surface area (Å²) in [6, 6.07) is -0.437. The summed E-state index contributed by atoms with van der Waals surface area (Å²) in [5, 5.41) is 13.2. The molecule has 9 heteroatoms. The van der Waals surface area contributed by atoms with E-state index in [1.165, 1.54) is 0 Å². The molecule has 0 radical (unpaired) electrons. The van der Waals surface area contributed by atoms with Gasteiger partial charge in [-0.25, -0.2) is 13.2 Å². The Kier molecular flexibility index (Phi) is 2.81. The van der Waals surface area contributed by atoms with Crippen LogP contribution in [0.3, 0.4) is 0 Å². The molecule has 0 amide bonds. The van der Waals surface area contributed by atoms with E-state index >= 15 is 0 Å². The van der Waals surface area contributed by atoms with Crippen LogP contribution in [0.4, 0.5) is 26.3 Å². The second-order valence-corrected chi connectivity index (χ2v) is 7.09. The zero-order valence-electron chi connectivity index (χ0n) is 11.9. The number of aliphatic hydroxyl groups is 1. The van der Waals surface area contributed by atoms with E-state index in [1.54, 1.807) is 0 Å². The normalized spacial score (nSPS) is 31.8. The average Bonchev–Trinajstić information content (AvgIpc) is 2.82. The first-order chi connectivity index (χ1) is 10.5. The van der Waals surface area contributed by atoms with Gasteiger partial charge in [0.2, 0.25) is 5.92 Å². The molecule has 0 bridgehead atoms. The smallest absolute Gasteiger partial charge is 0.385 e. The van der Waals surface area contributed by atoms with Gasteiger partial charge in [-0.2, -0.15) is 18.3 Å². The predicted molar refractivity (Wildman–Crippen MR) is 65.7 cm³/mol. The van der Waals surface area contributed by atoms with Crippen molar-refractivity contribution < 1.29 is 31.4 Å². The first-order valence-corrected chi connectivity index (χ1v) is 7.40. The number of aliphatic hydroxyl groups excluding tert-OH is 1. The molecule has 0 aliphatic heterocycles. The topological polar surface area (TPSA) is 38.1 Å². The molecular weight excluding hydrogens is 326 g/mol. The Hall–Kier alpha value is -1.25. The lowest BCUT2D eigenvalue weighted by Gasteiger charge is -2.57. The molecule has 2 fully saturated rings. The molecule has 2 unspecified atom stereocenters. The number of aromatic nitrogens is 2. The van der Waals surface area contributed by atoms with Crippen LogP contribution in [0.15, 0.2) is 0 Å². The van der Waals surface area contributed by atoms with Crippen LogP contribution in [0.5, 0.6) is 0 Å². The van der Waals surface area contributed by atoms with Gasteiger partial charge in [0, 0.05) is 30.5 Å². The number of halogens is 6. The van der Waals surface area contributed by atoms with Crippen molar-refractivity contribution in [3.05, 3.63) is 17.0 Å². The van der Waals surface area contributed by atoms with E-state index < -0.39 is 47.1 Å². The van der Waals surface area contributed by atoms with Gasteiger partial charge in [0.25, 0.3) is 0 Å². The van der Waals surface area contributed by atoms with Crippen LogP contribution in [0.2, 0.25) is 0 Å². The van der Waals surface area contributed by atoms with E-state index in [0.717, 1.165) is 4.68 Å². The monoisotopic (exact) mass is 340 g/mol. The molecular formula is C14H14F6N2O. The fraction of sp³-hybridized carbons (Fsp3) is 0.786. The number of nitrogens with zero attached hydrogens (tertiary/aromatic N) is 2. The van der Waals surface area contributed by atoms with Crippen LogP contribution < -0.4 is 0 Å². The van der Waals surface area contributed by atoms with Gasteiger partial charge in [0.05, 0.1) is 6.04 Å². The summed E-state index contributed by atoms with van der Waals surface area (Å²) in [7, 11) is 0. The lowest BCUT2D eigenvalue weighted by atomic mass is 9.52. The quantitative estimate of drug-likeness (QED) is 0.794. The third-order valence-corrected chi connectivity index (χ3v) is 5.30. The lowest BCUT2D eigenvalue weighted by Crippen LogP contribution is -2.54. The molecule has 3 aliphatic rings. The maximum absolute atomic E-state index is 13.6. The van der Waals surface area contributed by atoms with Crippen molar-refractivity contribution in [1.82, 2.24) is 9.78 Å². The molecule has 2 atom stereocenters. The first kappa shape index (κ1) is 15.3. The van der Waals surface area contributed by atoms with Gasteiger partial charge < -0.3 is 5.11 Å². The van der Waals surface area contributed by atoms with Crippen LogP contribution in [0, 0.1) is 5.41 Å². The molecule has 128 valence electrons. The second-order valence-electron chi connectivity index (χ2n) is 7.09. The fourth-order valence-electron chi connectivity index (χ4n) is 4.43. The summed E-state index contributed by atoms with van der Waals surface area (Å²) >= 11 is 0. The first-order valence-electron chi connectivity index (χ1n) is 7.40. The largest absolute Gasteiger partial charge is 0.435 e. The van der Waals surface area contributed by atoms with Gasteiger partial charge in [-0.15, -0.1) is 0 Å². The molecule has 0 aromatic carbocycles. The minimum atomic E-state index is -4.79. The highest BCUT2D eigenvalue weighted by atomic mass is 19.4. The minimum Gasteiger partial charge on any atom is -0.385 e.